The van der Waals surface area contributed by atoms with Crippen molar-refractivity contribution in [3.63, 3.8) is 0 Å². The first-order chi connectivity index (χ1) is 52.3. The van der Waals surface area contributed by atoms with Crippen molar-refractivity contribution in [2.75, 3.05) is 74.0 Å². The minimum atomic E-state index is -1.49. The Kier molecular flexibility index (Phi) is 32.4. The number of nitrogens with two attached hydrogens (primary N) is 1. The van der Waals surface area contributed by atoms with E-state index in [1.807, 2.05) is 127 Å². The lowest BCUT2D eigenvalue weighted by atomic mass is 9.81. The molecule has 0 unspecified atom stereocenters. The number of nitrogens with zero attached hydrogens (tertiary/aromatic N) is 9. The summed E-state index contributed by atoms with van der Waals surface area (Å²) in [5, 5.41) is 28.6. The van der Waals surface area contributed by atoms with E-state index in [0.717, 1.165) is 46.4 Å². The number of aliphatic hydroxyl groups excluding tert-OH is 2. The number of carbonyl (C=O) groups excluding carboxylic acids is 5. The third-order valence-corrected chi connectivity index (χ3v) is 17.3. The zero-order valence-electron chi connectivity index (χ0n) is 64.1. The van der Waals surface area contributed by atoms with Gasteiger partial charge in [-0.1, -0.05) is 97.3 Å². The van der Waals surface area contributed by atoms with Gasteiger partial charge >= 0.3 is 11.9 Å². The molecule has 0 saturated carbocycles. The molecule has 6 aromatic rings. The van der Waals surface area contributed by atoms with E-state index in [2.05, 4.69) is 38.9 Å². The molecule has 27 nitrogen and oxygen atoms in total. The number of hydrogen-bond acceptors (Lipinski definition) is 21. The highest BCUT2D eigenvalue weighted by Gasteiger charge is 2.55. The van der Waals surface area contributed by atoms with Gasteiger partial charge in [0.15, 0.2) is 28.8 Å². The third-order valence-electron chi connectivity index (χ3n) is 17.3. The zero-order chi connectivity index (χ0) is 79.0. The van der Waals surface area contributed by atoms with Gasteiger partial charge in [0.05, 0.1) is 31.5 Å². The van der Waals surface area contributed by atoms with Crippen LogP contribution in [0.25, 0.3) is 10.4 Å². The molecule has 0 aliphatic carbocycles. The molecule has 3 amide bonds. The Labute approximate surface area is 637 Å². The van der Waals surface area contributed by atoms with Crippen LogP contribution < -0.4 is 25.3 Å². The van der Waals surface area contributed by atoms with Crippen molar-refractivity contribution in [3.8, 4) is 17.2 Å². The molecule has 9 rings (SSSR count). The Hall–Kier alpha value is -11.0. The van der Waals surface area contributed by atoms with E-state index in [-0.39, 0.29) is 76.3 Å². The van der Waals surface area contributed by atoms with Crippen LogP contribution in [0, 0.1) is 0 Å². The lowest BCUT2D eigenvalue weighted by Gasteiger charge is -2.31. The van der Waals surface area contributed by atoms with Crippen LogP contribution in [0.3, 0.4) is 0 Å². The number of methoxy groups -OCH3 is 1. The number of rotatable bonds is 36. The van der Waals surface area contributed by atoms with Gasteiger partial charge in [-0.25, -0.2) is 15.0 Å². The lowest BCUT2D eigenvalue weighted by molar-refractivity contribution is -0.156. The summed E-state index contributed by atoms with van der Waals surface area (Å²) in [6.07, 6.45) is 2.45. The van der Waals surface area contributed by atoms with E-state index in [9.17, 15) is 24.0 Å². The summed E-state index contributed by atoms with van der Waals surface area (Å²) in [7, 11) is 4.99. The van der Waals surface area contributed by atoms with Crippen molar-refractivity contribution in [3.05, 3.63) is 207 Å². The number of benzene rings is 6. The number of unbranched alkanes of at least 4 members (excludes halogenated alkanes) is 1. The normalized spacial score (nSPS) is 18.2. The average Bonchev–Trinajstić information content (AvgIpc) is 1.63. The number of nitrogens with one attached hydrogen (secondary N) is 1. The highest BCUT2D eigenvalue weighted by atomic mass is 16.6. The minimum Gasteiger partial charge on any atom is -0.494 e. The molecule has 0 saturated heterocycles. The first-order valence-corrected chi connectivity index (χ1v) is 36.5. The van der Waals surface area contributed by atoms with E-state index >= 15 is 0 Å². The van der Waals surface area contributed by atoms with Crippen LogP contribution in [0.4, 0.5) is 0 Å². The Morgan fingerprint density at radius 1 is 0.615 bits per heavy atom. The molecule has 3 aliphatic heterocycles. The maximum Gasteiger partial charge on any atom is 0.306 e. The molecule has 3 heterocycles. The van der Waals surface area contributed by atoms with Crippen molar-refractivity contribution in [1.29, 1.82) is 0 Å². The third kappa shape index (κ3) is 24.8. The van der Waals surface area contributed by atoms with Crippen molar-refractivity contribution in [2.24, 2.45) is 30.9 Å². The first-order valence-electron chi connectivity index (χ1n) is 36.5. The van der Waals surface area contributed by atoms with Crippen LogP contribution >= 0.6 is 0 Å². The van der Waals surface area contributed by atoms with E-state index < -0.39 is 57.9 Å². The number of primary amides is 1. The number of aliphatic imine (C=N–C) groups is 3. The molecule has 0 fully saturated rings. The number of carbonyl (C=O) groups is 5. The maximum atomic E-state index is 14.1. The van der Waals surface area contributed by atoms with Gasteiger partial charge in [-0.05, 0) is 168 Å². The quantitative estimate of drug-likeness (QED) is 0.00709. The molecular weight excluding hydrogens is 1390 g/mol. The Morgan fingerprint density at radius 2 is 1.09 bits per heavy atom. The Balaban J connectivity index is 0.000000230. The summed E-state index contributed by atoms with van der Waals surface area (Å²) in [6.45, 7) is 19.3. The van der Waals surface area contributed by atoms with E-state index in [1.54, 1.807) is 87.0 Å². The van der Waals surface area contributed by atoms with Gasteiger partial charge in [0, 0.05) is 112 Å². The van der Waals surface area contributed by atoms with E-state index in [4.69, 9.17) is 79.1 Å². The predicted octanol–water partition coefficient (Wildman–Crippen LogP) is 11.7. The number of hydrogen-bond donors (Lipinski definition) is 4. The van der Waals surface area contributed by atoms with Crippen LogP contribution in [0.1, 0.15) is 163 Å². The van der Waals surface area contributed by atoms with Crippen LogP contribution in [-0.2, 0) is 71.9 Å². The van der Waals surface area contributed by atoms with Crippen molar-refractivity contribution < 1.29 is 81.6 Å². The summed E-state index contributed by atoms with van der Waals surface area (Å²) in [5.41, 5.74) is 15.3. The van der Waals surface area contributed by atoms with Crippen LogP contribution in [0.5, 0.6) is 17.2 Å². The van der Waals surface area contributed by atoms with E-state index in [1.165, 1.54) is 4.90 Å². The maximum absolute atomic E-state index is 14.1. The fraction of sp³-hybridized carbons (Fsp3) is 0.451. The molecule has 0 spiro atoms. The van der Waals surface area contributed by atoms with Crippen LogP contribution in [-0.4, -0.2) is 176 Å². The largest absolute Gasteiger partial charge is 0.494 e. The Morgan fingerprint density at radius 3 is 1.59 bits per heavy atom. The van der Waals surface area contributed by atoms with Gasteiger partial charge in [0.1, 0.15) is 41.6 Å². The molecule has 582 valence electrons. The van der Waals surface area contributed by atoms with Gasteiger partial charge < -0.3 is 68.8 Å². The highest BCUT2D eigenvalue weighted by molar-refractivity contribution is 6.03. The number of esters is 2. The zero-order valence-corrected chi connectivity index (χ0v) is 64.1. The molecule has 3 aliphatic rings. The number of azide groups is 1. The first kappa shape index (κ1) is 85.3. The van der Waals surface area contributed by atoms with Gasteiger partial charge in [0.2, 0.25) is 23.6 Å². The van der Waals surface area contributed by atoms with Crippen LogP contribution in [0.2, 0.25) is 0 Å². The van der Waals surface area contributed by atoms with Gasteiger partial charge in [0.25, 0.3) is 18.5 Å². The van der Waals surface area contributed by atoms with Crippen molar-refractivity contribution >= 4 is 54.1 Å². The van der Waals surface area contributed by atoms with Gasteiger partial charge in [-0.3, -0.25) is 24.0 Å². The second-order valence-corrected chi connectivity index (χ2v) is 28.3. The van der Waals surface area contributed by atoms with Crippen molar-refractivity contribution in [2.45, 2.75) is 166 Å². The summed E-state index contributed by atoms with van der Waals surface area (Å²) < 4.78 is 51.8. The topological polar surface area (TPSA) is 362 Å². The smallest absolute Gasteiger partial charge is 0.306 e. The standard InChI is InChI=1S/C32H42N4O7.C27H34N2O5.C23H27N5O4/c1-31(2,3)43-27(38)16-17-32(30(39)34-18-8-20-40-5)28(26-11-7-6-10-24(26)22-35-33-4)42-29(36-32)23-12-14-25(15-13-23)41-21-9-19-37;1-5-6-18-32-21-14-12-20(13-15-21)24-29-27(25(28)31,17-16-22(30)34-26(2,3)4)23(33-24)19-10-8-7-9-11-19;1-28(2)22(30)23(14-18-6-3-4-7-19(18)15-25-27-24)16-32-21(26-23)17-8-10-20(11-9-17)31-13-5-12-29/h6-7,10-15,28,37H,4,8-9,16-22H2,1-3,5H3;7-15,23H,5-6,16-18H2,1-4H3,(H2,28,31);3-4,6-11,29H,5,12-16H2,1-2H3/p+1/t28-,32-;23-,27-;23-/m001/s1. The number of amides is 3. The summed E-state index contributed by atoms with van der Waals surface area (Å²) in [5.74, 6) is 0.984. The summed E-state index contributed by atoms with van der Waals surface area (Å²) in [6, 6.07) is 46.2. The SMILES string of the molecule is C=[N+]=NCc1ccccc1[C@@H]1OC(c2ccc(OCCCO)cc2)=N[C@]1(CCC(=O)OC(C)(C)C)C(=O)NCCCOC.CCCCOc1ccc(C2=N[C@](CCC(=O)OC(C)(C)C)(C(N)=O)[C@H](c3ccccc3)O2)cc1.CN(C)C(=O)[C@@]1(Cc2ccccc2CN=[N+]=[N-])COC(c2ccc(OCCCO)cc2)=N1. The van der Waals surface area contributed by atoms with Crippen molar-refractivity contribution in [1.82, 2.24) is 10.2 Å². The molecule has 0 bridgehead atoms. The van der Waals surface area contributed by atoms with E-state index in [0.29, 0.717) is 98.6 Å². The molecule has 6 aromatic carbocycles. The number of aliphatic hydroxyl groups is 2. The second-order valence-electron chi connectivity index (χ2n) is 28.3. The molecule has 27 heteroatoms. The highest BCUT2D eigenvalue weighted by Crippen LogP contribution is 2.46. The monoisotopic (exact) mass is 1500 g/mol. The number of ether oxygens (including phenoxy) is 9. The summed E-state index contributed by atoms with van der Waals surface area (Å²) >= 11 is 0. The van der Waals surface area contributed by atoms with Gasteiger partial charge in [-0.15, -0.1) is 0 Å². The summed E-state index contributed by atoms with van der Waals surface area (Å²) in [4.78, 5) is 87.9. The average molecular weight is 1500 g/mol. The fourth-order valence-electron chi connectivity index (χ4n) is 12.0. The minimum absolute atomic E-state index is 0.0200. The second kappa shape index (κ2) is 41.4. The van der Waals surface area contributed by atoms with Crippen LogP contribution in [0.15, 0.2) is 177 Å². The predicted molar refractivity (Wildman–Crippen MR) is 412 cm³/mol. The molecular formula is C82H104N11O16+. The lowest BCUT2D eigenvalue weighted by Crippen LogP contribution is -2.49. The Bertz CT molecular complexity index is 4170. The number of likely N-dealkylation sites (N-methyl/N-ethyl adjacent to an activating group) is 1. The molecule has 0 radical (unpaired) electrons. The molecule has 109 heavy (non-hydrogen) atoms. The molecule has 5 atom stereocenters. The fourth-order valence-corrected chi connectivity index (χ4v) is 12.0. The molecule has 5 N–H and O–H groups in total. The van der Waals surface area contributed by atoms with Gasteiger partial charge in [-0.2, -0.15) is 0 Å². The molecule has 0 aromatic heterocycles.